The fourth-order valence-electron chi connectivity index (χ4n) is 4.10. The molecular formula is C22H25N3O5S. The number of esters is 1. The van der Waals surface area contributed by atoms with Gasteiger partial charge >= 0.3 is 5.97 Å². The average molecular weight is 444 g/mol. The number of nitro groups is 1. The number of hydrogen-bond donors (Lipinski definition) is 0. The minimum atomic E-state index is -0.426. The van der Waals surface area contributed by atoms with Crippen LogP contribution < -0.4 is 4.90 Å². The number of amides is 1. The van der Waals surface area contributed by atoms with Crippen LogP contribution in [0.15, 0.2) is 30.3 Å². The molecule has 2 aromatic rings. The zero-order valence-electron chi connectivity index (χ0n) is 17.4. The molecule has 8 nitrogen and oxygen atoms in total. The SMILES string of the molecule is CC1CCc2sc(C(=O)OCC(=O)N3CCN(c4ccc([N+](=O)[O-])cc4)CC3)cc2C1. The number of nitrogens with zero attached hydrogens (tertiary/aromatic N) is 3. The van der Waals surface area contributed by atoms with Crippen LogP contribution >= 0.6 is 11.3 Å². The number of aryl methyl sites for hydroxylation is 1. The Kier molecular flexibility index (Phi) is 6.22. The molecule has 31 heavy (non-hydrogen) atoms. The second-order valence-electron chi connectivity index (χ2n) is 8.12. The minimum Gasteiger partial charge on any atom is -0.451 e. The van der Waals surface area contributed by atoms with Gasteiger partial charge in [0.15, 0.2) is 6.61 Å². The van der Waals surface area contributed by atoms with Gasteiger partial charge in [0.2, 0.25) is 0 Å². The van der Waals surface area contributed by atoms with Gasteiger partial charge < -0.3 is 14.5 Å². The molecule has 1 aliphatic heterocycles. The van der Waals surface area contributed by atoms with Crippen molar-refractivity contribution in [2.45, 2.75) is 26.2 Å². The summed E-state index contributed by atoms with van der Waals surface area (Å²) < 4.78 is 5.30. The first-order chi connectivity index (χ1) is 14.9. The van der Waals surface area contributed by atoms with Crippen LogP contribution in [0.5, 0.6) is 0 Å². The Morgan fingerprint density at radius 1 is 1.19 bits per heavy atom. The Morgan fingerprint density at radius 2 is 1.90 bits per heavy atom. The third-order valence-electron chi connectivity index (χ3n) is 5.92. The summed E-state index contributed by atoms with van der Waals surface area (Å²) in [5.41, 5.74) is 2.19. The molecule has 1 aromatic heterocycles. The number of carbonyl (C=O) groups excluding carboxylic acids is 2. The van der Waals surface area contributed by atoms with Crippen LogP contribution in [0, 0.1) is 16.0 Å². The topological polar surface area (TPSA) is 93.0 Å². The first-order valence-electron chi connectivity index (χ1n) is 10.5. The Labute approximate surface area is 184 Å². The number of nitro benzene ring substituents is 1. The molecule has 4 rings (SSSR count). The Bertz CT molecular complexity index is 980. The second kappa shape index (κ2) is 9.05. The fourth-order valence-corrected chi connectivity index (χ4v) is 5.20. The maximum absolute atomic E-state index is 12.5. The van der Waals surface area contributed by atoms with Crippen molar-refractivity contribution in [3.05, 3.63) is 55.8 Å². The highest BCUT2D eigenvalue weighted by atomic mass is 32.1. The van der Waals surface area contributed by atoms with E-state index in [1.807, 2.05) is 6.07 Å². The average Bonchev–Trinajstić information content (AvgIpc) is 3.20. The molecule has 0 bridgehead atoms. The van der Waals surface area contributed by atoms with Crippen molar-refractivity contribution < 1.29 is 19.2 Å². The van der Waals surface area contributed by atoms with Gasteiger partial charge in [-0.05, 0) is 48.9 Å². The molecule has 2 heterocycles. The van der Waals surface area contributed by atoms with Gasteiger partial charge in [-0.1, -0.05) is 6.92 Å². The van der Waals surface area contributed by atoms with Crippen LogP contribution in [0.4, 0.5) is 11.4 Å². The molecule has 2 aliphatic rings. The smallest absolute Gasteiger partial charge is 0.348 e. The van der Waals surface area contributed by atoms with Crippen LogP contribution in [0.2, 0.25) is 0 Å². The highest BCUT2D eigenvalue weighted by molar-refractivity contribution is 7.14. The van der Waals surface area contributed by atoms with E-state index in [0.29, 0.717) is 37.0 Å². The summed E-state index contributed by atoms with van der Waals surface area (Å²) >= 11 is 1.49. The molecule has 1 amide bonds. The maximum Gasteiger partial charge on any atom is 0.348 e. The summed E-state index contributed by atoms with van der Waals surface area (Å²) in [5.74, 6) is 0.00813. The molecule has 0 N–H and O–H groups in total. The fraction of sp³-hybridized carbons (Fsp3) is 0.455. The zero-order valence-corrected chi connectivity index (χ0v) is 18.2. The quantitative estimate of drug-likeness (QED) is 0.400. The van der Waals surface area contributed by atoms with Crippen molar-refractivity contribution in [3.63, 3.8) is 0 Å². The third-order valence-corrected chi connectivity index (χ3v) is 7.13. The Morgan fingerprint density at radius 3 is 2.58 bits per heavy atom. The first-order valence-corrected chi connectivity index (χ1v) is 11.3. The second-order valence-corrected chi connectivity index (χ2v) is 9.26. The number of ether oxygens (including phenoxy) is 1. The van der Waals surface area contributed by atoms with E-state index < -0.39 is 10.9 Å². The number of thiophene rings is 1. The molecule has 1 aromatic carbocycles. The normalized spacial score (nSPS) is 18.4. The van der Waals surface area contributed by atoms with Gasteiger partial charge in [-0.15, -0.1) is 11.3 Å². The molecule has 1 saturated heterocycles. The van der Waals surface area contributed by atoms with Crippen LogP contribution in [0.1, 0.15) is 33.5 Å². The number of fused-ring (bicyclic) bond motifs is 1. The molecule has 1 aliphatic carbocycles. The van der Waals surface area contributed by atoms with Gasteiger partial charge in [-0.2, -0.15) is 0 Å². The van der Waals surface area contributed by atoms with Crippen LogP contribution in [0.25, 0.3) is 0 Å². The lowest BCUT2D eigenvalue weighted by Gasteiger charge is -2.36. The van der Waals surface area contributed by atoms with Crippen molar-refractivity contribution in [1.82, 2.24) is 4.90 Å². The highest BCUT2D eigenvalue weighted by Crippen LogP contribution is 2.32. The number of benzene rings is 1. The number of hydrogen-bond acceptors (Lipinski definition) is 7. The predicted octanol–water partition coefficient (Wildman–Crippen LogP) is 3.29. The number of carbonyl (C=O) groups is 2. The number of rotatable bonds is 5. The molecular weight excluding hydrogens is 418 g/mol. The lowest BCUT2D eigenvalue weighted by Crippen LogP contribution is -2.49. The maximum atomic E-state index is 12.5. The summed E-state index contributed by atoms with van der Waals surface area (Å²) in [6, 6.07) is 8.33. The Hall–Kier alpha value is -2.94. The van der Waals surface area contributed by atoms with E-state index in [9.17, 15) is 19.7 Å². The molecule has 0 saturated carbocycles. The van der Waals surface area contributed by atoms with Crippen molar-refractivity contribution in [2.75, 3.05) is 37.7 Å². The van der Waals surface area contributed by atoms with E-state index in [2.05, 4.69) is 11.8 Å². The van der Waals surface area contributed by atoms with E-state index in [-0.39, 0.29) is 18.2 Å². The lowest BCUT2D eigenvalue weighted by molar-refractivity contribution is -0.384. The summed E-state index contributed by atoms with van der Waals surface area (Å²) in [6.07, 6.45) is 3.15. The van der Waals surface area contributed by atoms with E-state index in [0.717, 1.165) is 24.9 Å². The highest BCUT2D eigenvalue weighted by Gasteiger charge is 2.25. The van der Waals surface area contributed by atoms with Crippen molar-refractivity contribution >= 4 is 34.6 Å². The molecule has 1 unspecified atom stereocenters. The first kappa shape index (κ1) is 21.3. The van der Waals surface area contributed by atoms with Gasteiger partial charge in [0.1, 0.15) is 4.88 Å². The summed E-state index contributed by atoms with van der Waals surface area (Å²) in [7, 11) is 0. The van der Waals surface area contributed by atoms with Gasteiger partial charge in [0.05, 0.1) is 4.92 Å². The molecule has 164 valence electrons. The molecule has 1 atom stereocenters. The monoisotopic (exact) mass is 443 g/mol. The number of anilines is 1. The van der Waals surface area contributed by atoms with Gasteiger partial charge in [0.25, 0.3) is 11.6 Å². The molecule has 0 spiro atoms. The van der Waals surface area contributed by atoms with E-state index in [4.69, 9.17) is 4.74 Å². The molecule has 0 radical (unpaired) electrons. The number of non-ortho nitro benzene ring substituents is 1. The number of piperazine rings is 1. The lowest BCUT2D eigenvalue weighted by atomic mass is 9.90. The van der Waals surface area contributed by atoms with E-state index >= 15 is 0 Å². The predicted molar refractivity (Wildman–Crippen MR) is 118 cm³/mol. The van der Waals surface area contributed by atoms with Gasteiger partial charge in [-0.3, -0.25) is 14.9 Å². The molecule has 9 heteroatoms. The molecule has 1 fully saturated rings. The van der Waals surface area contributed by atoms with Crippen LogP contribution in [-0.2, 0) is 22.4 Å². The van der Waals surface area contributed by atoms with E-state index in [1.165, 1.54) is 33.9 Å². The zero-order chi connectivity index (χ0) is 22.0. The van der Waals surface area contributed by atoms with E-state index in [1.54, 1.807) is 17.0 Å². The standard InChI is InChI=1S/C22H25N3O5S/c1-15-2-7-19-16(12-15)13-20(31-19)22(27)30-14-21(26)24-10-8-23(9-11-24)17-3-5-18(6-4-17)25(28)29/h3-6,13,15H,2,7-12,14H2,1H3. The van der Waals surface area contributed by atoms with Crippen molar-refractivity contribution in [1.29, 1.82) is 0 Å². The summed E-state index contributed by atoms with van der Waals surface area (Å²) in [4.78, 5) is 40.9. The van der Waals surface area contributed by atoms with Gasteiger partial charge in [-0.25, -0.2) is 4.79 Å². The van der Waals surface area contributed by atoms with Crippen LogP contribution in [0.3, 0.4) is 0 Å². The largest absolute Gasteiger partial charge is 0.451 e. The summed E-state index contributed by atoms with van der Waals surface area (Å²) in [5, 5.41) is 10.8. The van der Waals surface area contributed by atoms with Crippen molar-refractivity contribution in [2.24, 2.45) is 5.92 Å². The van der Waals surface area contributed by atoms with Gasteiger partial charge in [0, 0.05) is 48.9 Å². The Balaban J connectivity index is 1.25. The van der Waals surface area contributed by atoms with Crippen molar-refractivity contribution in [3.8, 4) is 0 Å². The van der Waals surface area contributed by atoms with Crippen LogP contribution in [-0.4, -0.2) is 54.5 Å². The summed E-state index contributed by atoms with van der Waals surface area (Å²) in [6.45, 7) is 4.23. The third kappa shape index (κ3) is 4.87. The minimum absolute atomic E-state index is 0.0560.